The maximum atomic E-state index is 12.3. The number of likely N-dealkylation sites (tertiary alicyclic amines) is 1. The number of aromatic nitrogens is 2. The summed E-state index contributed by atoms with van der Waals surface area (Å²) in [6.07, 6.45) is 9.27. The van der Waals surface area contributed by atoms with Crippen LogP contribution in [0.2, 0.25) is 0 Å². The number of aliphatic hydroxyl groups is 1. The Labute approximate surface area is 131 Å². The Bertz CT molecular complexity index is 510. The van der Waals surface area contributed by atoms with Crippen molar-refractivity contribution >= 4 is 5.91 Å². The molecule has 1 aliphatic carbocycles. The van der Waals surface area contributed by atoms with E-state index in [2.05, 4.69) is 15.3 Å². The minimum Gasteiger partial charge on any atom is -0.389 e. The number of rotatable bonds is 3. The number of hydrogen-bond acceptors (Lipinski definition) is 4. The van der Waals surface area contributed by atoms with Gasteiger partial charge in [0.15, 0.2) is 0 Å². The third-order valence-electron chi connectivity index (χ3n) is 4.96. The molecular formula is C16H26N4O2. The van der Waals surface area contributed by atoms with Crippen molar-refractivity contribution in [2.24, 2.45) is 7.05 Å². The molecule has 6 nitrogen and oxygen atoms in total. The zero-order chi connectivity index (χ0) is 15.5. The van der Waals surface area contributed by atoms with E-state index >= 15 is 0 Å². The Kier molecular flexibility index (Phi) is 4.78. The van der Waals surface area contributed by atoms with E-state index < -0.39 is 6.10 Å². The zero-order valence-corrected chi connectivity index (χ0v) is 13.2. The highest BCUT2D eigenvalue weighted by atomic mass is 16.3. The lowest BCUT2D eigenvalue weighted by molar-refractivity contribution is 0.0338. The summed E-state index contributed by atoms with van der Waals surface area (Å²) in [5.41, 5.74) is 0.552. The van der Waals surface area contributed by atoms with E-state index in [9.17, 15) is 9.90 Å². The summed E-state index contributed by atoms with van der Waals surface area (Å²) >= 11 is 0. The molecule has 2 aliphatic rings. The summed E-state index contributed by atoms with van der Waals surface area (Å²) in [7, 11) is 1.79. The van der Waals surface area contributed by atoms with Crippen LogP contribution in [0.3, 0.4) is 0 Å². The van der Waals surface area contributed by atoms with Crippen LogP contribution in [-0.2, 0) is 7.05 Å². The Morgan fingerprint density at radius 2 is 2.00 bits per heavy atom. The SMILES string of the molecule is Cn1cc(C(=O)N[C@@H]2CCCC[C@@H](N3CCCC3)[C@@H]2O)cn1. The van der Waals surface area contributed by atoms with Gasteiger partial charge in [-0.2, -0.15) is 5.10 Å². The van der Waals surface area contributed by atoms with Gasteiger partial charge in [-0.05, 0) is 38.8 Å². The highest BCUT2D eigenvalue weighted by Gasteiger charge is 2.35. The third kappa shape index (κ3) is 3.33. The maximum absolute atomic E-state index is 12.3. The van der Waals surface area contributed by atoms with Gasteiger partial charge in [0.2, 0.25) is 0 Å². The van der Waals surface area contributed by atoms with Gasteiger partial charge in [0, 0.05) is 19.3 Å². The van der Waals surface area contributed by atoms with Crippen molar-refractivity contribution in [1.82, 2.24) is 20.0 Å². The summed E-state index contributed by atoms with van der Waals surface area (Å²) in [6.45, 7) is 2.15. The molecule has 2 fully saturated rings. The van der Waals surface area contributed by atoms with Crippen molar-refractivity contribution in [2.75, 3.05) is 13.1 Å². The molecule has 1 saturated carbocycles. The molecule has 3 atom stereocenters. The summed E-state index contributed by atoms with van der Waals surface area (Å²) < 4.78 is 1.62. The molecule has 0 spiro atoms. The van der Waals surface area contributed by atoms with E-state index in [-0.39, 0.29) is 18.0 Å². The molecule has 1 aromatic heterocycles. The molecule has 1 saturated heterocycles. The molecule has 0 radical (unpaired) electrons. The van der Waals surface area contributed by atoms with Gasteiger partial charge in [-0.1, -0.05) is 12.8 Å². The summed E-state index contributed by atoms with van der Waals surface area (Å²) in [6, 6.07) is 0.0185. The Morgan fingerprint density at radius 1 is 1.27 bits per heavy atom. The van der Waals surface area contributed by atoms with Crippen LogP contribution in [0.5, 0.6) is 0 Å². The van der Waals surface area contributed by atoms with Crippen LogP contribution in [0.15, 0.2) is 12.4 Å². The van der Waals surface area contributed by atoms with E-state index in [0.29, 0.717) is 5.56 Å². The lowest BCUT2D eigenvalue weighted by Gasteiger charge is -2.34. The molecule has 0 aromatic carbocycles. The van der Waals surface area contributed by atoms with Gasteiger partial charge < -0.3 is 10.4 Å². The summed E-state index contributed by atoms with van der Waals surface area (Å²) in [4.78, 5) is 14.7. The first-order valence-corrected chi connectivity index (χ1v) is 8.37. The molecule has 1 aromatic rings. The first kappa shape index (κ1) is 15.5. The second-order valence-corrected chi connectivity index (χ2v) is 6.57. The van der Waals surface area contributed by atoms with Crippen LogP contribution in [0.4, 0.5) is 0 Å². The average Bonchev–Trinajstić information content (AvgIpc) is 3.13. The van der Waals surface area contributed by atoms with Crippen LogP contribution < -0.4 is 5.32 Å². The quantitative estimate of drug-likeness (QED) is 0.815. The molecular weight excluding hydrogens is 280 g/mol. The van der Waals surface area contributed by atoms with Crippen molar-refractivity contribution in [3.05, 3.63) is 18.0 Å². The van der Waals surface area contributed by atoms with E-state index in [1.807, 2.05) is 0 Å². The molecule has 2 N–H and O–H groups in total. The molecule has 6 heteroatoms. The molecule has 2 heterocycles. The van der Waals surface area contributed by atoms with Gasteiger partial charge in [0.25, 0.3) is 5.91 Å². The highest BCUT2D eigenvalue weighted by molar-refractivity contribution is 5.93. The first-order valence-electron chi connectivity index (χ1n) is 8.37. The number of carbonyl (C=O) groups is 1. The smallest absolute Gasteiger partial charge is 0.254 e. The van der Waals surface area contributed by atoms with E-state index in [4.69, 9.17) is 0 Å². The average molecular weight is 306 g/mol. The van der Waals surface area contributed by atoms with Gasteiger partial charge in [0.1, 0.15) is 0 Å². The summed E-state index contributed by atoms with van der Waals surface area (Å²) in [5.74, 6) is -0.140. The van der Waals surface area contributed by atoms with Gasteiger partial charge in [-0.25, -0.2) is 0 Å². The minimum atomic E-state index is -0.485. The zero-order valence-electron chi connectivity index (χ0n) is 13.2. The third-order valence-corrected chi connectivity index (χ3v) is 4.96. The van der Waals surface area contributed by atoms with Crippen molar-refractivity contribution < 1.29 is 9.90 Å². The monoisotopic (exact) mass is 306 g/mol. The maximum Gasteiger partial charge on any atom is 0.254 e. The number of aliphatic hydroxyl groups excluding tert-OH is 1. The fourth-order valence-corrected chi connectivity index (χ4v) is 3.75. The fraction of sp³-hybridized carbons (Fsp3) is 0.750. The van der Waals surface area contributed by atoms with E-state index in [1.165, 1.54) is 12.8 Å². The fourth-order valence-electron chi connectivity index (χ4n) is 3.75. The van der Waals surface area contributed by atoms with Crippen LogP contribution in [0.25, 0.3) is 0 Å². The minimum absolute atomic E-state index is 0.140. The van der Waals surface area contributed by atoms with Crippen molar-refractivity contribution in [3.63, 3.8) is 0 Å². The largest absolute Gasteiger partial charge is 0.389 e. The van der Waals surface area contributed by atoms with Crippen LogP contribution >= 0.6 is 0 Å². The predicted molar refractivity (Wildman–Crippen MR) is 83.5 cm³/mol. The van der Waals surface area contributed by atoms with Crippen molar-refractivity contribution in [2.45, 2.75) is 56.7 Å². The number of nitrogens with one attached hydrogen (secondary N) is 1. The van der Waals surface area contributed by atoms with E-state index in [1.54, 1.807) is 24.1 Å². The van der Waals surface area contributed by atoms with Crippen molar-refractivity contribution in [1.29, 1.82) is 0 Å². The Morgan fingerprint density at radius 3 is 2.68 bits per heavy atom. The van der Waals surface area contributed by atoms with Gasteiger partial charge in [0.05, 0.1) is 23.9 Å². The number of carbonyl (C=O) groups excluding carboxylic acids is 1. The number of aryl methyl sites for hydroxylation is 1. The predicted octanol–water partition coefficient (Wildman–Crippen LogP) is 0.918. The molecule has 3 rings (SSSR count). The molecule has 0 unspecified atom stereocenters. The number of nitrogens with zero attached hydrogens (tertiary/aromatic N) is 3. The Balaban J connectivity index is 1.67. The molecule has 122 valence electrons. The molecule has 0 bridgehead atoms. The summed E-state index contributed by atoms with van der Waals surface area (Å²) in [5, 5.41) is 17.8. The van der Waals surface area contributed by atoms with Gasteiger partial charge in [-0.15, -0.1) is 0 Å². The van der Waals surface area contributed by atoms with Crippen LogP contribution in [0.1, 0.15) is 48.9 Å². The van der Waals surface area contributed by atoms with Gasteiger partial charge in [-0.3, -0.25) is 14.4 Å². The standard InChI is InChI=1S/C16H26N4O2/c1-19-11-12(10-17-19)16(22)18-13-6-2-3-7-14(15(13)21)20-8-4-5-9-20/h10-11,13-15,21H,2-9H2,1H3,(H,18,22)/t13-,14-,15-/m1/s1. The number of hydrogen-bond donors (Lipinski definition) is 2. The first-order chi connectivity index (χ1) is 10.6. The topological polar surface area (TPSA) is 70.4 Å². The molecule has 1 aliphatic heterocycles. The second-order valence-electron chi connectivity index (χ2n) is 6.57. The van der Waals surface area contributed by atoms with Crippen LogP contribution in [-0.4, -0.2) is 57.0 Å². The second kappa shape index (κ2) is 6.79. The molecule has 22 heavy (non-hydrogen) atoms. The van der Waals surface area contributed by atoms with Gasteiger partial charge >= 0.3 is 0 Å². The normalized spacial score (nSPS) is 30.2. The van der Waals surface area contributed by atoms with Crippen molar-refractivity contribution in [3.8, 4) is 0 Å². The lowest BCUT2D eigenvalue weighted by atomic mass is 10.00. The molecule has 1 amide bonds. The lowest BCUT2D eigenvalue weighted by Crippen LogP contribution is -2.52. The highest BCUT2D eigenvalue weighted by Crippen LogP contribution is 2.26. The van der Waals surface area contributed by atoms with Crippen LogP contribution in [0, 0.1) is 0 Å². The Hall–Kier alpha value is -1.40. The number of amides is 1. The van der Waals surface area contributed by atoms with E-state index in [0.717, 1.165) is 38.8 Å².